The lowest BCUT2D eigenvalue weighted by atomic mass is 9.96. The van der Waals surface area contributed by atoms with Gasteiger partial charge in [-0.1, -0.05) is 173 Å². The summed E-state index contributed by atoms with van der Waals surface area (Å²) >= 11 is 0. The van der Waals surface area contributed by atoms with Crippen LogP contribution < -0.4 is 5.32 Å². The molecular formula is C56H103NO18. The van der Waals surface area contributed by atoms with Crippen LogP contribution in [0.2, 0.25) is 0 Å². The highest BCUT2D eigenvalue weighted by atomic mass is 16.8. The topological polar surface area (TPSA) is 307 Å². The number of amides is 1. The van der Waals surface area contributed by atoms with E-state index in [-0.39, 0.29) is 18.9 Å². The Labute approximate surface area is 448 Å². The zero-order valence-electron chi connectivity index (χ0n) is 45.5. The summed E-state index contributed by atoms with van der Waals surface area (Å²) < 4.78 is 34.2. The fraction of sp³-hybridized carbons (Fsp3) is 0.911. The summed E-state index contributed by atoms with van der Waals surface area (Å²) in [6.07, 6.45) is 13.1. The van der Waals surface area contributed by atoms with Crippen molar-refractivity contribution in [2.45, 2.75) is 298 Å². The summed E-state index contributed by atoms with van der Waals surface area (Å²) in [6, 6.07) is -0.973. The number of aliphatic hydroxyl groups is 11. The molecule has 3 heterocycles. The zero-order valence-corrected chi connectivity index (χ0v) is 45.5. The first-order valence-corrected chi connectivity index (χ1v) is 29.1. The van der Waals surface area contributed by atoms with Gasteiger partial charge in [0.1, 0.15) is 73.2 Å². The van der Waals surface area contributed by atoms with Crippen molar-refractivity contribution in [3.05, 3.63) is 24.3 Å². The van der Waals surface area contributed by atoms with Crippen molar-refractivity contribution in [2.24, 2.45) is 0 Å². The van der Waals surface area contributed by atoms with Gasteiger partial charge in [-0.25, -0.2) is 0 Å². The number of allylic oxidation sites excluding steroid dienone is 3. The largest absolute Gasteiger partial charge is 0.394 e. The molecule has 440 valence electrons. The molecule has 17 atom stereocenters. The van der Waals surface area contributed by atoms with Gasteiger partial charge in [0, 0.05) is 6.42 Å². The molecule has 0 aromatic carbocycles. The smallest absolute Gasteiger partial charge is 0.220 e. The van der Waals surface area contributed by atoms with Gasteiger partial charge in [-0.15, -0.1) is 0 Å². The first-order chi connectivity index (χ1) is 36.3. The molecule has 3 saturated heterocycles. The maximum atomic E-state index is 13.2. The lowest BCUT2D eigenvalue weighted by Gasteiger charge is -2.48. The van der Waals surface area contributed by atoms with E-state index in [9.17, 15) is 61.0 Å². The molecular weight excluding hydrogens is 975 g/mol. The second-order valence-electron chi connectivity index (χ2n) is 21.1. The summed E-state index contributed by atoms with van der Waals surface area (Å²) in [5.74, 6) is -0.287. The number of rotatable bonds is 42. The second-order valence-corrected chi connectivity index (χ2v) is 21.1. The normalized spacial score (nSPS) is 31.3. The Morgan fingerprint density at radius 3 is 1.33 bits per heavy atom. The van der Waals surface area contributed by atoms with E-state index >= 15 is 0 Å². The third-order valence-corrected chi connectivity index (χ3v) is 14.7. The number of hydrogen-bond donors (Lipinski definition) is 12. The molecule has 0 spiro atoms. The van der Waals surface area contributed by atoms with Crippen molar-refractivity contribution in [3.63, 3.8) is 0 Å². The molecule has 3 fully saturated rings. The molecule has 0 aliphatic carbocycles. The molecule has 0 radical (unpaired) electrons. The van der Waals surface area contributed by atoms with Gasteiger partial charge in [0.2, 0.25) is 5.91 Å². The van der Waals surface area contributed by atoms with Crippen LogP contribution in [-0.4, -0.2) is 193 Å². The number of aliphatic hydroxyl groups excluding tert-OH is 11. The number of nitrogens with one attached hydrogen (secondary N) is 1. The standard InChI is InChI=1S/C56H103NO18/c1-3-5-7-9-11-13-15-16-17-18-19-20-21-22-24-25-27-29-31-33-40(61)39(57-44(62)34-32-30-28-26-23-14-12-10-8-6-4-2)38-70-54-50(68)47(65)52(42(36-59)72-54)75-56-51(69)48(66)53(43(37-60)73-56)74-55-49(67)46(64)45(63)41(35-58)71-55/h10,12,31,33,39-43,45-56,58-61,63-69H,3-9,11,13-30,32,34-38H2,1-2H3,(H,57,62)/b12-10-,33-31+. The number of hydrogen-bond acceptors (Lipinski definition) is 18. The molecule has 0 saturated carbocycles. The minimum atomic E-state index is -1.98. The van der Waals surface area contributed by atoms with Gasteiger partial charge in [-0.05, 0) is 38.5 Å². The Kier molecular flexibility index (Phi) is 36.4. The lowest BCUT2D eigenvalue weighted by Crippen LogP contribution is -2.66. The minimum Gasteiger partial charge on any atom is -0.394 e. The molecule has 3 aliphatic heterocycles. The molecule has 0 aromatic rings. The fourth-order valence-electron chi connectivity index (χ4n) is 9.88. The minimum absolute atomic E-state index is 0.234. The molecule has 0 aromatic heterocycles. The molecule has 3 rings (SSSR count). The van der Waals surface area contributed by atoms with Crippen LogP contribution in [0, 0.1) is 0 Å². The van der Waals surface area contributed by atoms with E-state index in [0.29, 0.717) is 6.42 Å². The van der Waals surface area contributed by atoms with Crippen LogP contribution in [0.1, 0.15) is 194 Å². The van der Waals surface area contributed by atoms with Gasteiger partial charge >= 0.3 is 0 Å². The second kappa shape index (κ2) is 40.4. The fourth-order valence-corrected chi connectivity index (χ4v) is 9.88. The summed E-state index contributed by atoms with van der Waals surface area (Å²) in [5, 5.41) is 120. The third-order valence-electron chi connectivity index (χ3n) is 14.7. The summed E-state index contributed by atoms with van der Waals surface area (Å²) in [7, 11) is 0. The van der Waals surface area contributed by atoms with Crippen molar-refractivity contribution in [2.75, 3.05) is 26.4 Å². The van der Waals surface area contributed by atoms with Gasteiger partial charge in [-0.2, -0.15) is 0 Å². The van der Waals surface area contributed by atoms with Crippen LogP contribution in [0.4, 0.5) is 0 Å². The maximum absolute atomic E-state index is 13.2. The Morgan fingerprint density at radius 1 is 0.467 bits per heavy atom. The summed E-state index contributed by atoms with van der Waals surface area (Å²) in [5.41, 5.74) is 0. The summed E-state index contributed by atoms with van der Waals surface area (Å²) in [6.45, 7) is 1.66. The van der Waals surface area contributed by atoms with E-state index in [0.717, 1.165) is 64.2 Å². The van der Waals surface area contributed by atoms with Crippen molar-refractivity contribution in [1.82, 2.24) is 5.32 Å². The molecule has 19 nitrogen and oxygen atoms in total. The zero-order chi connectivity index (χ0) is 54.8. The molecule has 17 unspecified atom stereocenters. The maximum Gasteiger partial charge on any atom is 0.220 e. The third kappa shape index (κ3) is 25.1. The van der Waals surface area contributed by atoms with E-state index in [2.05, 4.69) is 31.3 Å². The van der Waals surface area contributed by atoms with Crippen LogP contribution in [0.5, 0.6) is 0 Å². The van der Waals surface area contributed by atoms with Crippen LogP contribution in [0.3, 0.4) is 0 Å². The molecule has 19 heteroatoms. The molecule has 75 heavy (non-hydrogen) atoms. The Hall–Kier alpha value is -1.73. The van der Waals surface area contributed by atoms with Gasteiger partial charge in [-0.3, -0.25) is 4.79 Å². The highest BCUT2D eigenvalue weighted by Crippen LogP contribution is 2.33. The van der Waals surface area contributed by atoms with E-state index < -0.39 is 124 Å². The van der Waals surface area contributed by atoms with Crippen molar-refractivity contribution >= 4 is 5.91 Å². The first-order valence-electron chi connectivity index (χ1n) is 29.1. The predicted octanol–water partition coefficient (Wildman–Crippen LogP) is 4.37. The Bertz CT molecular complexity index is 1480. The number of carbonyl (C=O) groups is 1. The van der Waals surface area contributed by atoms with E-state index in [1.165, 1.54) is 103 Å². The van der Waals surface area contributed by atoms with E-state index in [1.54, 1.807) is 6.08 Å². The Morgan fingerprint density at radius 2 is 0.853 bits per heavy atom. The number of ether oxygens (including phenoxy) is 6. The molecule has 3 aliphatic rings. The van der Waals surface area contributed by atoms with Crippen LogP contribution in [-0.2, 0) is 33.2 Å². The monoisotopic (exact) mass is 1080 g/mol. The van der Waals surface area contributed by atoms with Gasteiger partial charge in [0.25, 0.3) is 0 Å². The quantitative estimate of drug-likeness (QED) is 0.0298. The highest BCUT2D eigenvalue weighted by Gasteiger charge is 2.53. The number of unbranched alkanes of at least 4 members (excludes halogenated alkanes) is 24. The highest BCUT2D eigenvalue weighted by molar-refractivity contribution is 5.76. The number of carbonyl (C=O) groups excluding carboxylic acids is 1. The molecule has 1 amide bonds. The van der Waals surface area contributed by atoms with E-state index in [1.807, 2.05) is 6.08 Å². The van der Waals surface area contributed by atoms with Gasteiger partial charge in [0.05, 0.1) is 38.6 Å². The van der Waals surface area contributed by atoms with Gasteiger partial charge in [0.15, 0.2) is 18.9 Å². The van der Waals surface area contributed by atoms with Crippen LogP contribution >= 0.6 is 0 Å². The first kappa shape index (κ1) is 67.5. The lowest BCUT2D eigenvalue weighted by molar-refractivity contribution is -0.379. The summed E-state index contributed by atoms with van der Waals surface area (Å²) in [4.78, 5) is 13.2. The predicted molar refractivity (Wildman–Crippen MR) is 282 cm³/mol. The SMILES string of the molecule is CCCC/C=C\CCCCCCCC(=O)NC(COC1OC(CO)C(OC2OC(CO)C(OC3OC(CO)C(O)C(O)C3O)C(O)C2O)C(O)C1O)C(O)/C=C/CCCCCCCCCCCCCCCCCCC. The molecule has 0 bridgehead atoms. The van der Waals surface area contributed by atoms with Gasteiger partial charge < -0.3 is 89.9 Å². The Balaban J connectivity index is 1.51. The van der Waals surface area contributed by atoms with Crippen molar-refractivity contribution in [1.29, 1.82) is 0 Å². The van der Waals surface area contributed by atoms with Crippen molar-refractivity contribution in [3.8, 4) is 0 Å². The van der Waals surface area contributed by atoms with Crippen molar-refractivity contribution < 1.29 is 89.4 Å². The van der Waals surface area contributed by atoms with E-state index in [4.69, 9.17) is 28.4 Å². The average molecular weight is 1080 g/mol. The van der Waals surface area contributed by atoms with Crippen LogP contribution in [0.25, 0.3) is 0 Å². The average Bonchev–Trinajstić information content (AvgIpc) is 3.41. The molecule has 12 N–H and O–H groups in total. The van der Waals surface area contributed by atoms with Crippen LogP contribution in [0.15, 0.2) is 24.3 Å².